The van der Waals surface area contributed by atoms with Gasteiger partial charge in [-0.15, -0.1) is 0 Å². The van der Waals surface area contributed by atoms with Crippen molar-refractivity contribution in [2.75, 3.05) is 36.4 Å². The van der Waals surface area contributed by atoms with Crippen LogP contribution in [0.2, 0.25) is 0 Å². The normalized spacial score (nSPS) is 13.9. The standard InChI is InChI=1S/C21H22N6O3/c1-24-10-9-22-21(24)26-13-11-25(12-14-26)20(28)16-7-8-18(19(15-16)27(29)30)23-17-5-3-2-4-6-17/h2-10,15,23H,11-14H2,1H3. The maximum atomic E-state index is 12.9. The fourth-order valence-electron chi connectivity index (χ4n) is 3.55. The van der Waals surface area contributed by atoms with Crippen LogP contribution < -0.4 is 10.2 Å². The molecule has 0 aliphatic carbocycles. The first kappa shape index (κ1) is 19.4. The summed E-state index contributed by atoms with van der Waals surface area (Å²) in [6, 6.07) is 13.8. The second kappa shape index (κ2) is 8.24. The molecule has 0 radical (unpaired) electrons. The number of aromatic nitrogens is 2. The van der Waals surface area contributed by atoms with Gasteiger partial charge in [0.1, 0.15) is 5.69 Å². The fourth-order valence-corrected chi connectivity index (χ4v) is 3.55. The number of rotatable bonds is 5. The molecule has 30 heavy (non-hydrogen) atoms. The molecule has 1 saturated heterocycles. The molecule has 0 spiro atoms. The predicted octanol–water partition coefficient (Wildman–Crippen LogP) is 3.03. The number of nitro groups is 1. The zero-order valence-corrected chi connectivity index (χ0v) is 16.6. The van der Waals surface area contributed by atoms with E-state index in [0.29, 0.717) is 37.4 Å². The number of anilines is 3. The van der Waals surface area contributed by atoms with Crippen molar-refractivity contribution in [2.24, 2.45) is 7.05 Å². The topological polar surface area (TPSA) is 96.5 Å². The lowest BCUT2D eigenvalue weighted by Crippen LogP contribution is -2.49. The summed E-state index contributed by atoms with van der Waals surface area (Å²) in [4.78, 5) is 32.3. The molecule has 2 heterocycles. The Labute approximate surface area is 173 Å². The van der Waals surface area contributed by atoms with Crippen molar-refractivity contribution < 1.29 is 9.72 Å². The molecular weight excluding hydrogens is 384 g/mol. The second-order valence-electron chi connectivity index (χ2n) is 7.10. The van der Waals surface area contributed by atoms with Crippen molar-refractivity contribution >= 4 is 28.9 Å². The summed E-state index contributed by atoms with van der Waals surface area (Å²) >= 11 is 0. The highest BCUT2D eigenvalue weighted by molar-refractivity contribution is 5.96. The number of carbonyl (C=O) groups is 1. The van der Waals surface area contributed by atoms with Gasteiger partial charge in [0.2, 0.25) is 5.95 Å². The zero-order chi connectivity index (χ0) is 21.1. The van der Waals surface area contributed by atoms with Gasteiger partial charge >= 0.3 is 0 Å². The average molecular weight is 406 g/mol. The van der Waals surface area contributed by atoms with Crippen molar-refractivity contribution in [3.05, 3.63) is 76.6 Å². The van der Waals surface area contributed by atoms with Crippen LogP contribution in [0.25, 0.3) is 0 Å². The number of benzene rings is 2. The maximum Gasteiger partial charge on any atom is 0.293 e. The Bertz CT molecular complexity index is 1060. The molecule has 0 atom stereocenters. The van der Waals surface area contributed by atoms with Crippen LogP contribution in [0.1, 0.15) is 10.4 Å². The summed E-state index contributed by atoms with van der Waals surface area (Å²) in [5.74, 6) is 0.665. The van der Waals surface area contributed by atoms with Crippen LogP contribution in [-0.2, 0) is 7.05 Å². The van der Waals surface area contributed by atoms with Crippen molar-refractivity contribution in [2.45, 2.75) is 0 Å². The molecule has 0 saturated carbocycles. The number of nitro benzene ring substituents is 1. The Morgan fingerprint density at radius 3 is 2.47 bits per heavy atom. The van der Waals surface area contributed by atoms with Gasteiger partial charge in [-0.3, -0.25) is 14.9 Å². The van der Waals surface area contributed by atoms with Gasteiger partial charge in [-0.2, -0.15) is 0 Å². The quantitative estimate of drug-likeness (QED) is 0.517. The number of para-hydroxylation sites is 1. The van der Waals surface area contributed by atoms with Gasteiger partial charge in [-0.25, -0.2) is 4.98 Å². The zero-order valence-electron chi connectivity index (χ0n) is 16.6. The van der Waals surface area contributed by atoms with E-state index in [0.717, 1.165) is 11.6 Å². The lowest BCUT2D eigenvalue weighted by atomic mass is 10.1. The van der Waals surface area contributed by atoms with E-state index in [2.05, 4.69) is 15.2 Å². The molecule has 154 valence electrons. The van der Waals surface area contributed by atoms with E-state index in [1.54, 1.807) is 23.2 Å². The highest BCUT2D eigenvalue weighted by atomic mass is 16.6. The Balaban J connectivity index is 1.48. The Morgan fingerprint density at radius 2 is 1.83 bits per heavy atom. The highest BCUT2D eigenvalue weighted by Crippen LogP contribution is 2.29. The molecule has 1 aromatic heterocycles. The molecule has 3 aromatic rings. The number of hydrogen-bond donors (Lipinski definition) is 1. The number of hydrogen-bond acceptors (Lipinski definition) is 6. The molecule has 9 nitrogen and oxygen atoms in total. The van der Waals surface area contributed by atoms with E-state index in [1.807, 2.05) is 48.1 Å². The molecule has 2 aromatic carbocycles. The molecule has 1 N–H and O–H groups in total. The number of imidazole rings is 1. The number of piperazine rings is 1. The molecular formula is C21H22N6O3. The Morgan fingerprint density at radius 1 is 1.10 bits per heavy atom. The monoisotopic (exact) mass is 406 g/mol. The predicted molar refractivity (Wildman–Crippen MR) is 114 cm³/mol. The van der Waals surface area contributed by atoms with E-state index >= 15 is 0 Å². The van der Waals surface area contributed by atoms with Crippen LogP contribution in [0.15, 0.2) is 60.9 Å². The van der Waals surface area contributed by atoms with Gasteiger partial charge in [-0.05, 0) is 24.3 Å². The lowest BCUT2D eigenvalue weighted by Gasteiger charge is -2.35. The number of nitrogens with zero attached hydrogens (tertiary/aromatic N) is 5. The summed E-state index contributed by atoms with van der Waals surface area (Å²) in [6.45, 7) is 2.38. The Kier molecular flexibility index (Phi) is 5.34. The van der Waals surface area contributed by atoms with E-state index in [4.69, 9.17) is 0 Å². The van der Waals surface area contributed by atoms with Crippen LogP contribution in [0.3, 0.4) is 0 Å². The van der Waals surface area contributed by atoms with Gasteiger partial charge in [0.15, 0.2) is 0 Å². The summed E-state index contributed by atoms with van der Waals surface area (Å²) in [5.41, 5.74) is 1.27. The van der Waals surface area contributed by atoms with Gasteiger partial charge < -0.3 is 19.7 Å². The first-order valence-corrected chi connectivity index (χ1v) is 9.65. The summed E-state index contributed by atoms with van der Waals surface area (Å²) in [5, 5.41) is 14.6. The van der Waals surface area contributed by atoms with Crippen LogP contribution >= 0.6 is 0 Å². The summed E-state index contributed by atoms with van der Waals surface area (Å²) < 4.78 is 1.94. The minimum atomic E-state index is -0.471. The fraction of sp³-hybridized carbons (Fsp3) is 0.238. The SMILES string of the molecule is Cn1ccnc1N1CCN(C(=O)c2ccc(Nc3ccccc3)c([N+](=O)[O-])c2)CC1. The molecule has 1 amide bonds. The smallest absolute Gasteiger partial charge is 0.293 e. The third-order valence-electron chi connectivity index (χ3n) is 5.14. The molecule has 9 heteroatoms. The van der Waals surface area contributed by atoms with Crippen molar-refractivity contribution in [3.8, 4) is 0 Å². The van der Waals surface area contributed by atoms with Gasteiger partial charge in [-0.1, -0.05) is 18.2 Å². The Hall–Kier alpha value is -3.88. The van der Waals surface area contributed by atoms with Gasteiger partial charge in [0.25, 0.3) is 11.6 Å². The van der Waals surface area contributed by atoms with E-state index < -0.39 is 4.92 Å². The van der Waals surface area contributed by atoms with Crippen LogP contribution in [-0.4, -0.2) is 51.5 Å². The average Bonchev–Trinajstić information content (AvgIpc) is 3.20. The minimum Gasteiger partial charge on any atom is -0.350 e. The molecule has 0 unspecified atom stereocenters. The van der Waals surface area contributed by atoms with E-state index in [9.17, 15) is 14.9 Å². The summed E-state index contributed by atoms with van der Waals surface area (Å²) in [6.07, 6.45) is 3.63. The largest absolute Gasteiger partial charge is 0.350 e. The lowest BCUT2D eigenvalue weighted by molar-refractivity contribution is -0.383. The van der Waals surface area contributed by atoms with Gasteiger partial charge in [0.05, 0.1) is 4.92 Å². The van der Waals surface area contributed by atoms with Crippen molar-refractivity contribution in [3.63, 3.8) is 0 Å². The van der Waals surface area contributed by atoms with Crippen LogP contribution in [0.5, 0.6) is 0 Å². The maximum absolute atomic E-state index is 12.9. The highest BCUT2D eigenvalue weighted by Gasteiger charge is 2.26. The molecule has 4 rings (SSSR count). The first-order valence-electron chi connectivity index (χ1n) is 9.65. The summed E-state index contributed by atoms with van der Waals surface area (Å²) in [7, 11) is 1.93. The number of nitrogens with one attached hydrogen (secondary N) is 1. The van der Waals surface area contributed by atoms with Crippen molar-refractivity contribution in [1.82, 2.24) is 14.5 Å². The number of amides is 1. The van der Waals surface area contributed by atoms with E-state index in [-0.39, 0.29) is 11.6 Å². The van der Waals surface area contributed by atoms with Crippen molar-refractivity contribution in [1.29, 1.82) is 0 Å². The van der Waals surface area contributed by atoms with Crippen LogP contribution in [0, 0.1) is 10.1 Å². The molecule has 1 aliphatic heterocycles. The third kappa shape index (κ3) is 3.95. The molecule has 0 bridgehead atoms. The van der Waals surface area contributed by atoms with E-state index in [1.165, 1.54) is 6.07 Å². The second-order valence-corrected chi connectivity index (χ2v) is 7.10. The molecule has 1 aliphatic rings. The molecule has 1 fully saturated rings. The minimum absolute atomic E-state index is 0.128. The van der Waals surface area contributed by atoms with Gasteiger partial charge in [0, 0.05) is 62.9 Å². The number of carbonyl (C=O) groups excluding carboxylic acids is 1. The number of aryl methyl sites for hydroxylation is 1. The van der Waals surface area contributed by atoms with Crippen LogP contribution in [0.4, 0.5) is 23.0 Å². The first-order chi connectivity index (χ1) is 14.5. The third-order valence-corrected chi connectivity index (χ3v) is 5.14.